The molecule has 0 aromatic rings. The highest BCUT2D eigenvalue weighted by Crippen LogP contribution is 2.23. The molecule has 1 atom stereocenters. The van der Waals surface area contributed by atoms with Gasteiger partial charge in [-0.2, -0.15) is 0 Å². The average Bonchev–Trinajstić information content (AvgIpc) is 2.78. The van der Waals surface area contributed by atoms with Crippen molar-refractivity contribution in [1.29, 1.82) is 0 Å². The SMILES string of the molecule is CC1(CNC(=O)NCCCCCC(=O)O)CCCO1. The number of carboxylic acids is 1. The maximum atomic E-state index is 11.5. The maximum absolute atomic E-state index is 11.5. The Labute approximate surface area is 113 Å². The molecule has 3 N–H and O–H groups in total. The lowest BCUT2D eigenvalue weighted by Gasteiger charge is -2.23. The van der Waals surface area contributed by atoms with Gasteiger partial charge in [0.15, 0.2) is 0 Å². The molecule has 1 aliphatic rings. The highest BCUT2D eigenvalue weighted by molar-refractivity contribution is 5.73. The Morgan fingerprint density at radius 2 is 2.05 bits per heavy atom. The van der Waals surface area contributed by atoms with Crippen molar-refractivity contribution >= 4 is 12.0 Å². The summed E-state index contributed by atoms with van der Waals surface area (Å²) in [5.74, 6) is -0.768. The van der Waals surface area contributed by atoms with Crippen LogP contribution in [0.3, 0.4) is 0 Å². The van der Waals surface area contributed by atoms with Crippen molar-refractivity contribution in [1.82, 2.24) is 10.6 Å². The first-order valence-corrected chi connectivity index (χ1v) is 6.89. The van der Waals surface area contributed by atoms with Crippen LogP contribution in [0.25, 0.3) is 0 Å². The summed E-state index contributed by atoms with van der Waals surface area (Å²) in [7, 11) is 0. The van der Waals surface area contributed by atoms with Crippen LogP contribution in [0.1, 0.15) is 45.4 Å². The molecular formula is C13H24N2O4. The molecule has 0 spiro atoms. The van der Waals surface area contributed by atoms with Crippen LogP contribution in [0.2, 0.25) is 0 Å². The van der Waals surface area contributed by atoms with Gasteiger partial charge in [0.1, 0.15) is 0 Å². The average molecular weight is 272 g/mol. The van der Waals surface area contributed by atoms with Crippen molar-refractivity contribution in [2.24, 2.45) is 0 Å². The molecule has 0 radical (unpaired) electrons. The van der Waals surface area contributed by atoms with Crippen LogP contribution in [-0.2, 0) is 9.53 Å². The Balaban J connectivity index is 1.97. The molecule has 2 amide bonds. The van der Waals surface area contributed by atoms with E-state index in [1.807, 2.05) is 6.92 Å². The predicted octanol–water partition coefficient (Wildman–Crippen LogP) is 1.50. The number of ether oxygens (including phenoxy) is 1. The minimum Gasteiger partial charge on any atom is -0.481 e. The summed E-state index contributed by atoms with van der Waals surface area (Å²) >= 11 is 0. The molecule has 0 aromatic heterocycles. The summed E-state index contributed by atoms with van der Waals surface area (Å²) in [4.78, 5) is 21.8. The summed E-state index contributed by atoms with van der Waals surface area (Å²) in [6.45, 7) is 3.87. The van der Waals surface area contributed by atoms with E-state index in [9.17, 15) is 9.59 Å². The van der Waals surface area contributed by atoms with Gasteiger partial charge in [0.05, 0.1) is 5.60 Å². The molecule has 19 heavy (non-hydrogen) atoms. The molecule has 6 nitrogen and oxygen atoms in total. The first kappa shape index (κ1) is 15.8. The van der Waals surface area contributed by atoms with Gasteiger partial charge >= 0.3 is 12.0 Å². The highest BCUT2D eigenvalue weighted by atomic mass is 16.5. The van der Waals surface area contributed by atoms with Crippen LogP contribution in [0.4, 0.5) is 4.79 Å². The molecule has 1 unspecified atom stereocenters. The first-order valence-electron chi connectivity index (χ1n) is 6.89. The van der Waals surface area contributed by atoms with Gasteiger partial charge in [-0.25, -0.2) is 4.79 Å². The molecule has 1 rings (SSSR count). The number of carbonyl (C=O) groups is 2. The van der Waals surface area contributed by atoms with Crippen LogP contribution >= 0.6 is 0 Å². The van der Waals surface area contributed by atoms with E-state index in [2.05, 4.69) is 10.6 Å². The third-order valence-corrected chi connectivity index (χ3v) is 3.28. The fourth-order valence-electron chi connectivity index (χ4n) is 2.09. The van der Waals surface area contributed by atoms with Gasteiger partial charge in [-0.1, -0.05) is 6.42 Å². The van der Waals surface area contributed by atoms with Crippen molar-refractivity contribution < 1.29 is 19.4 Å². The molecule has 0 aromatic carbocycles. The number of hydrogen-bond donors (Lipinski definition) is 3. The molecule has 1 aliphatic heterocycles. The zero-order chi connectivity index (χ0) is 14.1. The summed E-state index contributed by atoms with van der Waals surface area (Å²) < 4.78 is 5.57. The number of amides is 2. The van der Waals surface area contributed by atoms with E-state index in [1.54, 1.807) is 0 Å². The van der Waals surface area contributed by atoms with E-state index >= 15 is 0 Å². The fraction of sp³-hybridized carbons (Fsp3) is 0.846. The van der Waals surface area contributed by atoms with E-state index in [1.165, 1.54) is 0 Å². The van der Waals surface area contributed by atoms with Gasteiger partial charge in [0.2, 0.25) is 0 Å². The third-order valence-electron chi connectivity index (χ3n) is 3.28. The van der Waals surface area contributed by atoms with E-state index in [4.69, 9.17) is 9.84 Å². The van der Waals surface area contributed by atoms with E-state index in [-0.39, 0.29) is 18.1 Å². The maximum Gasteiger partial charge on any atom is 0.314 e. The quantitative estimate of drug-likeness (QED) is 0.584. The zero-order valence-electron chi connectivity index (χ0n) is 11.5. The van der Waals surface area contributed by atoms with E-state index in [0.717, 1.165) is 32.3 Å². The molecule has 0 bridgehead atoms. The summed E-state index contributed by atoms with van der Waals surface area (Å²) in [5, 5.41) is 14.0. The number of carbonyl (C=O) groups excluding carboxylic acids is 1. The molecule has 0 saturated carbocycles. The van der Waals surface area contributed by atoms with Crippen molar-refractivity contribution in [3.63, 3.8) is 0 Å². The Kier molecular flexibility index (Phi) is 6.62. The van der Waals surface area contributed by atoms with Gasteiger partial charge in [0.25, 0.3) is 0 Å². The normalized spacial score (nSPS) is 22.2. The minimum absolute atomic E-state index is 0.185. The molecule has 1 fully saturated rings. The van der Waals surface area contributed by atoms with E-state index in [0.29, 0.717) is 19.5 Å². The number of unbranched alkanes of at least 4 members (excludes halogenated alkanes) is 2. The lowest BCUT2D eigenvalue weighted by Crippen LogP contribution is -2.44. The Hall–Kier alpha value is -1.30. The minimum atomic E-state index is -0.768. The van der Waals surface area contributed by atoms with Gasteiger partial charge in [-0.15, -0.1) is 0 Å². The predicted molar refractivity (Wildman–Crippen MR) is 71.1 cm³/mol. The van der Waals surface area contributed by atoms with Gasteiger partial charge in [-0.3, -0.25) is 4.79 Å². The molecule has 6 heteroatoms. The number of carboxylic acid groups (broad SMARTS) is 1. The Morgan fingerprint density at radius 1 is 1.26 bits per heavy atom. The molecule has 0 aliphatic carbocycles. The number of rotatable bonds is 8. The van der Waals surface area contributed by atoms with Gasteiger partial charge in [-0.05, 0) is 32.6 Å². The van der Waals surface area contributed by atoms with Crippen LogP contribution < -0.4 is 10.6 Å². The first-order chi connectivity index (χ1) is 9.02. The number of hydrogen-bond acceptors (Lipinski definition) is 3. The van der Waals surface area contributed by atoms with Crippen LogP contribution in [-0.4, -0.2) is 42.4 Å². The smallest absolute Gasteiger partial charge is 0.314 e. The zero-order valence-corrected chi connectivity index (χ0v) is 11.5. The highest BCUT2D eigenvalue weighted by Gasteiger charge is 2.29. The van der Waals surface area contributed by atoms with Crippen molar-refractivity contribution in [3.8, 4) is 0 Å². The van der Waals surface area contributed by atoms with Crippen LogP contribution in [0.15, 0.2) is 0 Å². The second kappa shape index (κ2) is 7.99. The molecular weight excluding hydrogens is 248 g/mol. The lowest BCUT2D eigenvalue weighted by molar-refractivity contribution is -0.137. The standard InChI is InChI=1S/C13H24N2O4/c1-13(7-5-9-19-13)10-15-12(18)14-8-4-2-3-6-11(16)17/h2-10H2,1H3,(H,16,17)(H2,14,15,18). The molecule has 1 saturated heterocycles. The van der Waals surface area contributed by atoms with Gasteiger partial charge < -0.3 is 20.5 Å². The van der Waals surface area contributed by atoms with Crippen LogP contribution in [0, 0.1) is 0 Å². The summed E-state index contributed by atoms with van der Waals surface area (Å²) in [5.41, 5.74) is -0.223. The molecule has 1 heterocycles. The lowest BCUT2D eigenvalue weighted by atomic mass is 10.0. The summed E-state index contributed by atoms with van der Waals surface area (Å²) in [6, 6.07) is -0.185. The largest absolute Gasteiger partial charge is 0.481 e. The monoisotopic (exact) mass is 272 g/mol. The van der Waals surface area contributed by atoms with Crippen LogP contribution in [0.5, 0.6) is 0 Å². The fourth-order valence-corrected chi connectivity index (χ4v) is 2.09. The number of aliphatic carboxylic acids is 1. The molecule has 110 valence electrons. The number of urea groups is 1. The van der Waals surface area contributed by atoms with E-state index < -0.39 is 5.97 Å². The number of nitrogens with one attached hydrogen (secondary N) is 2. The summed E-state index contributed by atoms with van der Waals surface area (Å²) in [6.07, 6.45) is 4.49. The van der Waals surface area contributed by atoms with Gasteiger partial charge in [0, 0.05) is 26.1 Å². The topological polar surface area (TPSA) is 87.7 Å². The second-order valence-electron chi connectivity index (χ2n) is 5.22. The second-order valence-corrected chi connectivity index (χ2v) is 5.22. The van der Waals surface area contributed by atoms with Crippen molar-refractivity contribution in [2.45, 2.75) is 51.0 Å². The Morgan fingerprint density at radius 3 is 2.68 bits per heavy atom. The van der Waals surface area contributed by atoms with Crippen molar-refractivity contribution in [3.05, 3.63) is 0 Å². The van der Waals surface area contributed by atoms with Crippen molar-refractivity contribution in [2.75, 3.05) is 19.7 Å². The third kappa shape index (κ3) is 7.00. The Bertz CT molecular complexity index is 301.